The van der Waals surface area contributed by atoms with Crippen LogP contribution in [0.3, 0.4) is 0 Å². The summed E-state index contributed by atoms with van der Waals surface area (Å²) in [5, 5.41) is 1.12. The number of benzene rings is 3. The largest absolute Gasteiger partial charge is 0.294 e. The highest BCUT2D eigenvalue weighted by atomic mass is 35.5. The highest BCUT2D eigenvalue weighted by Crippen LogP contribution is 2.29. The molecule has 0 aliphatic carbocycles. The Bertz CT molecular complexity index is 1780. The molecular formula is C27H20ClN5O. The van der Waals surface area contributed by atoms with Gasteiger partial charge in [0.1, 0.15) is 17.2 Å². The lowest BCUT2D eigenvalue weighted by Gasteiger charge is -2.10. The van der Waals surface area contributed by atoms with E-state index in [4.69, 9.17) is 26.6 Å². The standard InChI is InChI=1S/C27H20ClN5O/c1-16-7-12-20(13-17(16)2)33-25-23(24-26(33)31-22-6-4-3-5-21(22)30-24)27(34)32(15-29-25)14-18-8-10-19(28)11-9-18/h3-13,15H,14H2,1-2H3. The van der Waals surface area contributed by atoms with Crippen molar-refractivity contribution in [3.8, 4) is 5.69 Å². The van der Waals surface area contributed by atoms with Gasteiger partial charge < -0.3 is 0 Å². The van der Waals surface area contributed by atoms with Gasteiger partial charge >= 0.3 is 0 Å². The zero-order chi connectivity index (χ0) is 23.4. The van der Waals surface area contributed by atoms with Crippen molar-refractivity contribution in [2.24, 2.45) is 0 Å². The number of fused-ring (bicyclic) bond motifs is 4. The molecule has 0 aliphatic rings. The van der Waals surface area contributed by atoms with Gasteiger partial charge in [-0.2, -0.15) is 0 Å². The zero-order valence-electron chi connectivity index (χ0n) is 18.7. The van der Waals surface area contributed by atoms with Crippen LogP contribution >= 0.6 is 11.6 Å². The second kappa shape index (κ2) is 7.78. The number of para-hydroxylation sites is 2. The molecular weight excluding hydrogens is 446 g/mol. The van der Waals surface area contributed by atoms with Crippen molar-refractivity contribution in [1.29, 1.82) is 0 Å². The third-order valence-electron chi connectivity index (χ3n) is 6.25. The molecule has 0 radical (unpaired) electrons. The van der Waals surface area contributed by atoms with Gasteiger partial charge in [-0.3, -0.25) is 13.9 Å². The first-order valence-electron chi connectivity index (χ1n) is 11.0. The van der Waals surface area contributed by atoms with Gasteiger partial charge in [0.05, 0.1) is 17.6 Å². The fourth-order valence-corrected chi connectivity index (χ4v) is 4.41. The van der Waals surface area contributed by atoms with E-state index in [2.05, 4.69) is 26.0 Å². The molecule has 0 atom stereocenters. The van der Waals surface area contributed by atoms with E-state index in [-0.39, 0.29) is 5.56 Å². The lowest BCUT2D eigenvalue weighted by molar-refractivity contribution is 0.747. The summed E-state index contributed by atoms with van der Waals surface area (Å²) < 4.78 is 3.54. The first-order valence-corrected chi connectivity index (χ1v) is 11.4. The summed E-state index contributed by atoms with van der Waals surface area (Å²) in [6.07, 6.45) is 1.59. The average molecular weight is 466 g/mol. The molecule has 0 spiro atoms. The molecule has 3 aromatic carbocycles. The second-order valence-corrected chi connectivity index (χ2v) is 8.93. The fourth-order valence-electron chi connectivity index (χ4n) is 4.28. The molecule has 0 amide bonds. The molecule has 166 valence electrons. The summed E-state index contributed by atoms with van der Waals surface area (Å²) in [5.41, 5.74) is 7.27. The molecule has 6 aromatic rings. The van der Waals surface area contributed by atoms with Crippen molar-refractivity contribution in [1.82, 2.24) is 24.1 Å². The van der Waals surface area contributed by atoms with E-state index in [0.29, 0.717) is 33.8 Å². The topological polar surface area (TPSA) is 65.6 Å². The molecule has 0 aliphatic heterocycles. The Balaban J connectivity index is 1.67. The molecule has 34 heavy (non-hydrogen) atoms. The molecule has 0 bridgehead atoms. The normalized spacial score (nSPS) is 11.6. The summed E-state index contributed by atoms with van der Waals surface area (Å²) in [5.74, 6) is 0. The highest BCUT2D eigenvalue weighted by molar-refractivity contribution is 6.30. The number of rotatable bonds is 3. The molecule has 3 heterocycles. The van der Waals surface area contributed by atoms with Crippen molar-refractivity contribution in [3.05, 3.63) is 105 Å². The maximum absolute atomic E-state index is 13.7. The summed E-state index contributed by atoms with van der Waals surface area (Å²) in [4.78, 5) is 28.2. The molecule has 6 rings (SSSR count). The van der Waals surface area contributed by atoms with E-state index >= 15 is 0 Å². The van der Waals surface area contributed by atoms with Crippen LogP contribution in [0.15, 0.2) is 77.9 Å². The number of nitrogens with zero attached hydrogens (tertiary/aromatic N) is 5. The Morgan fingerprint density at radius 3 is 2.32 bits per heavy atom. The van der Waals surface area contributed by atoms with Crippen LogP contribution in [0.25, 0.3) is 38.9 Å². The van der Waals surface area contributed by atoms with E-state index in [9.17, 15) is 4.79 Å². The monoisotopic (exact) mass is 465 g/mol. The van der Waals surface area contributed by atoms with Crippen LogP contribution in [-0.4, -0.2) is 24.1 Å². The van der Waals surface area contributed by atoms with Crippen molar-refractivity contribution >= 4 is 44.8 Å². The zero-order valence-corrected chi connectivity index (χ0v) is 19.4. The van der Waals surface area contributed by atoms with Crippen molar-refractivity contribution in [2.75, 3.05) is 0 Å². The minimum absolute atomic E-state index is 0.155. The predicted octanol–water partition coefficient (Wildman–Crippen LogP) is 5.60. The lowest BCUT2D eigenvalue weighted by Crippen LogP contribution is -2.21. The Kier molecular flexibility index (Phi) is 4.71. The summed E-state index contributed by atoms with van der Waals surface area (Å²) >= 11 is 6.02. The minimum atomic E-state index is -0.155. The first kappa shape index (κ1) is 20.6. The highest BCUT2D eigenvalue weighted by Gasteiger charge is 2.21. The Labute approximate surface area is 200 Å². The third kappa shape index (κ3) is 3.26. The van der Waals surface area contributed by atoms with Crippen LogP contribution < -0.4 is 5.56 Å². The Morgan fingerprint density at radius 2 is 1.59 bits per heavy atom. The first-order chi connectivity index (χ1) is 16.5. The molecule has 0 saturated carbocycles. The lowest BCUT2D eigenvalue weighted by atomic mass is 10.1. The number of aromatic nitrogens is 5. The third-order valence-corrected chi connectivity index (χ3v) is 6.50. The maximum atomic E-state index is 13.7. The van der Waals surface area contributed by atoms with E-state index in [1.807, 2.05) is 59.2 Å². The smallest absolute Gasteiger partial charge is 0.265 e. The van der Waals surface area contributed by atoms with Crippen molar-refractivity contribution in [3.63, 3.8) is 0 Å². The molecule has 0 unspecified atom stereocenters. The van der Waals surface area contributed by atoms with Gasteiger partial charge in [-0.1, -0.05) is 41.9 Å². The molecule has 0 N–H and O–H groups in total. The van der Waals surface area contributed by atoms with E-state index < -0.39 is 0 Å². The van der Waals surface area contributed by atoms with E-state index in [1.165, 1.54) is 5.56 Å². The van der Waals surface area contributed by atoms with Gasteiger partial charge in [-0.15, -0.1) is 0 Å². The van der Waals surface area contributed by atoms with Crippen LogP contribution in [0.4, 0.5) is 0 Å². The molecule has 7 heteroatoms. The summed E-state index contributed by atoms with van der Waals surface area (Å²) in [6.45, 7) is 4.53. The van der Waals surface area contributed by atoms with E-state index in [0.717, 1.165) is 27.8 Å². The second-order valence-electron chi connectivity index (χ2n) is 8.49. The minimum Gasteiger partial charge on any atom is -0.294 e. The average Bonchev–Trinajstić information content (AvgIpc) is 3.16. The van der Waals surface area contributed by atoms with Crippen molar-refractivity contribution < 1.29 is 0 Å². The van der Waals surface area contributed by atoms with Crippen LogP contribution in [0.1, 0.15) is 16.7 Å². The summed E-state index contributed by atoms with van der Waals surface area (Å²) in [7, 11) is 0. The summed E-state index contributed by atoms with van der Waals surface area (Å²) in [6, 6.07) is 21.3. The van der Waals surface area contributed by atoms with Gasteiger partial charge in [0, 0.05) is 10.7 Å². The number of halogens is 1. The molecule has 0 fully saturated rings. The molecule has 6 nitrogen and oxygen atoms in total. The predicted molar refractivity (Wildman–Crippen MR) is 136 cm³/mol. The SMILES string of the molecule is Cc1ccc(-n2c3nc4ccccc4nc3c3c(=O)n(Cc4ccc(Cl)cc4)cnc32)cc1C. The maximum Gasteiger partial charge on any atom is 0.265 e. The number of hydrogen-bond donors (Lipinski definition) is 0. The van der Waals surface area contributed by atoms with Gasteiger partial charge in [0.2, 0.25) is 0 Å². The Morgan fingerprint density at radius 1 is 0.853 bits per heavy atom. The van der Waals surface area contributed by atoms with Gasteiger partial charge in [0.25, 0.3) is 5.56 Å². The van der Waals surface area contributed by atoms with Gasteiger partial charge in [-0.25, -0.2) is 15.0 Å². The van der Waals surface area contributed by atoms with Crippen LogP contribution in [0.2, 0.25) is 5.02 Å². The quantitative estimate of drug-likeness (QED) is 0.341. The van der Waals surface area contributed by atoms with Gasteiger partial charge in [-0.05, 0) is 66.9 Å². The number of hydrogen-bond acceptors (Lipinski definition) is 4. The number of aryl methyl sites for hydroxylation is 2. The fraction of sp³-hybridized carbons (Fsp3) is 0.111. The van der Waals surface area contributed by atoms with Crippen LogP contribution in [0.5, 0.6) is 0 Å². The van der Waals surface area contributed by atoms with Crippen molar-refractivity contribution in [2.45, 2.75) is 20.4 Å². The van der Waals surface area contributed by atoms with Crippen LogP contribution in [0, 0.1) is 13.8 Å². The van der Waals surface area contributed by atoms with E-state index in [1.54, 1.807) is 10.9 Å². The Hall–Kier alpha value is -4.03. The van der Waals surface area contributed by atoms with Crippen LogP contribution in [-0.2, 0) is 6.54 Å². The molecule has 3 aromatic heterocycles. The van der Waals surface area contributed by atoms with Gasteiger partial charge in [0.15, 0.2) is 11.3 Å². The molecule has 0 saturated heterocycles.